The number of carbonyl (C=O) groups excluding carboxylic acids is 1. The van der Waals surface area contributed by atoms with Gasteiger partial charge >= 0.3 is 0 Å². The molecule has 0 aliphatic heterocycles. The molecule has 1 rings (SSSR count). The van der Waals surface area contributed by atoms with Crippen molar-refractivity contribution in [2.45, 2.75) is 20.3 Å². The van der Waals surface area contributed by atoms with Crippen LogP contribution in [0.15, 0.2) is 12.1 Å². The fourth-order valence-corrected chi connectivity index (χ4v) is 2.04. The van der Waals surface area contributed by atoms with Crippen LogP contribution in [0.5, 0.6) is 0 Å². The molecule has 0 bridgehead atoms. The van der Waals surface area contributed by atoms with Crippen molar-refractivity contribution in [2.24, 2.45) is 5.41 Å². The third kappa shape index (κ3) is 4.84. The number of hydrogen-bond acceptors (Lipinski definition) is 4. The molecule has 0 radical (unpaired) electrons. The van der Waals surface area contributed by atoms with Crippen LogP contribution in [0.1, 0.15) is 30.6 Å². The van der Waals surface area contributed by atoms with Gasteiger partial charge in [-0.2, -0.15) is 0 Å². The fourth-order valence-electron chi connectivity index (χ4n) is 1.65. The van der Waals surface area contributed by atoms with Gasteiger partial charge < -0.3 is 10.4 Å². The van der Waals surface area contributed by atoms with Crippen molar-refractivity contribution in [1.82, 2.24) is 5.32 Å². The number of aliphatic hydroxyl groups is 1. The lowest BCUT2D eigenvalue weighted by molar-refractivity contribution is -0.384. The molecule has 0 unspecified atom stereocenters. The van der Waals surface area contributed by atoms with Gasteiger partial charge in [0, 0.05) is 24.8 Å². The molecule has 0 aliphatic rings. The number of nitro groups is 1. The van der Waals surface area contributed by atoms with Crippen molar-refractivity contribution < 1.29 is 14.8 Å². The number of halogens is 2. The summed E-state index contributed by atoms with van der Waals surface area (Å²) in [7, 11) is 0. The Bertz CT molecular complexity index is 561. The van der Waals surface area contributed by atoms with Crippen LogP contribution in [0.25, 0.3) is 0 Å². The topological polar surface area (TPSA) is 92.5 Å². The van der Waals surface area contributed by atoms with Crippen molar-refractivity contribution >= 4 is 34.8 Å². The van der Waals surface area contributed by atoms with Crippen LogP contribution < -0.4 is 5.32 Å². The Kier molecular flexibility index (Phi) is 5.95. The molecule has 0 aromatic heterocycles. The minimum Gasteiger partial charge on any atom is -0.396 e. The zero-order chi connectivity index (χ0) is 16.2. The van der Waals surface area contributed by atoms with E-state index in [-0.39, 0.29) is 27.6 Å². The lowest BCUT2D eigenvalue weighted by Crippen LogP contribution is -2.34. The molecule has 0 aliphatic carbocycles. The van der Waals surface area contributed by atoms with Crippen LogP contribution in [-0.2, 0) is 0 Å². The Balaban J connectivity index is 2.91. The standard InChI is InChI=1S/C13H16Cl2N2O4/c1-13(2,3-4-18)7-16-12(19)8-5-9(14)11(15)10(6-8)17(20)21/h5-6,18H,3-4,7H2,1-2H3,(H,16,19). The lowest BCUT2D eigenvalue weighted by Gasteiger charge is -2.23. The van der Waals surface area contributed by atoms with E-state index in [1.54, 1.807) is 0 Å². The Labute approximate surface area is 132 Å². The van der Waals surface area contributed by atoms with Crippen LogP contribution in [0.4, 0.5) is 5.69 Å². The molecule has 0 atom stereocenters. The van der Waals surface area contributed by atoms with E-state index in [4.69, 9.17) is 28.3 Å². The summed E-state index contributed by atoms with van der Waals surface area (Å²) in [5.41, 5.74) is -0.633. The number of rotatable bonds is 6. The molecule has 1 aromatic rings. The Morgan fingerprint density at radius 1 is 1.43 bits per heavy atom. The lowest BCUT2D eigenvalue weighted by atomic mass is 9.89. The summed E-state index contributed by atoms with van der Waals surface area (Å²) in [5.74, 6) is -0.484. The summed E-state index contributed by atoms with van der Waals surface area (Å²) in [6.07, 6.45) is 0.523. The summed E-state index contributed by atoms with van der Waals surface area (Å²) < 4.78 is 0. The van der Waals surface area contributed by atoms with E-state index in [0.717, 1.165) is 6.07 Å². The quantitative estimate of drug-likeness (QED) is 0.617. The van der Waals surface area contributed by atoms with Gasteiger partial charge in [-0.15, -0.1) is 0 Å². The Hall–Kier alpha value is -1.37. The van der Waals surface area contributed by atoms with E-state index >= 15 is 0 Å². The van der Waals surface area contributed by atoms with E-state index in [2.05, 4.69) is 5.32 Å². The monoisotopic (exact) mass is 334 g/mol. The number of carbonyl (C=O) groups is 1. The van der Waals surface area contributed by atoms with Gasteiger partial charge in [0.05, 0.1) is 9.95 Å². The predicted molar refractivity (Wildman–Crippen MR) is 80.9 cm³/mol. The summed E-state index contributed by atoms with van der Waals surface area (Å²) >= 11 is 11.5. The van der Waals surface area contributed by atoms with Crippen LogP contribution in [0.3, 0.4) is 0 Å². The summed E-state index contributed by atoms with van der Waals surface area (Å²) in [4.78, 5) is 22.2. The fraction of sp³-hybridized carbons (Fsp3) is 0.462. The third-order valence-corrected chi connectivity index (χ3v) is 3.78. The highest BCUT2D eigenvalue weighted by molar-refractivity contribution is 6.43. The Morgan fingerprint density at radius 2 is 2.05 bits per heavy atom. The molecule has 6 nitrogen and oxygen atoms in total. The molecule has 0 spiro atoms. The minimum atomic E-state index is -0.694. The molecular weight excluding hydrogens is 319 g/mol. The number of hydrogen-bond donors (Lipinski definition) is 2. The van der Waals surface area contributed by atoms with E-state index < -0.39 is 16.5 Å². The molecular formula is C13H16Cl2N2O4. The van der Waals surface area contributed by atoms with Gasteiger partial charge in [0.1, 0.15) is 5.02 Å². The molecule has 21 heavy (non-hydrogen) atoms. The maximum Gasteiger partial charge on any atom is 0.290 e. The molecule has 0 fully saturated rings. The molecule has 1 amide bonds. The molecule has 0 saturated carbocycles. The van der Waals surface area contributed by atoms with Gasteiger partial charge in [-0.1, -0.05) is 37.0 Å². The van der Waals surface area contributed by atoms with Crippen molar-refractivity contribution in [2.75, 3.05) is 13.2 Å². The summed E-state index contributed by atoms with van der Waals surface area (Å²) in [6.45, 7) is 4.11. The average Bonchev–Trinajstić information content (AvgIpc) is 2.38. The van der Waals surface area contributed by atoms with Gasteiger partial charge in [0.2, 0.25) is 0 Å². The number of aliphatic hydroxyl groups excluding tert-OH is 1. The number of nitrogens with zero attached hydrogens (tertiary/aromatic N) is 1. The zero-order valence-corrected chi connectivity index (χ0v) is 13.2. The van der Waals surface area contributed by atoms with Crippen molar-refractivity contribution in [3.63, 3.8) is 0 Å². The second-order valence-corrected chi connectivity index (χ2v) is 6.15. The second kappa shape index (κ2) is 7.06. The van der Waals surface area contributed by atoms with Crippen LogP contribution in [0.2, 0.25) is 10.0 Å². The second-order valence-electron chi connectivity index (χ2n) is 5.37. The van der Waals surface area contributed by atoms with E-state index in [1.807, 2.05) is 13.8 Å². The van der Waals surface area contributed by atoms with Gasteiger partial charge in [-0.3, -0.25) is 14.9 Å². The molecule has 116 valence electrons. The number of nitro benzene ring substituents is 1. The number of benzene rings is 1. The molecule has 0 saturated heterocycles. The highest BCUT2D eigenvalue weighted by Gasteiger charge is 2.22. The van der Waals surface area contributed by atoms with E-state index in [1.165, 1.54) is 6.07 Å². The van der Waals surface area contributed by atoms with E-state index in [0.29, 0.717) is 13.0 Å². The SMILES string of the molecule is CC(C)(CCO)CNC(=O)c1cc(Cl)c(Cl)c([N+](=O)[O-])c1. The van der Waals surface area contributed by atoms with E-state index in [9.17, 15) is 14.9 Å². The van der Waals surface area contributed by atoms with Crippen molar-refractivity contribution in [3.05, 3.63) is 37.9 Å². The maximum atomic E-state index is 12.0. The normalized spacial score (nSPS) is 11.3. The molecule has 0 heterocycles. The third-order valence-electron chi connectivity index (χ3n) is 2.98. The summed E-state index contributed by atoms with van der Waals surface area (Å²) in [6, 6.07) is 2.37. The molecule has 8 heteroatoms. The van der Waals surface area contributed by atoms with Gasteiger partial charge in [0.15, 0.2) is 0 Å². The highest BCUT2D eigenvalue weighted by atomic mass is 35.5. The zero-order valence-electron chi connectivity index (χ0n) is 11.7. The first-order valence-corrected chi connectivity index (χ1v) is 6.96. The number of nitrogens with one attached hydrogen (secondary N) is 1. The highest BCUT2D eigenvalue weighted by Crippen LogP contribution is 2.33. The predicted octanol–water partition coefficient (Wildman–Crippen LogP) is 3.04. The van der Waals surface area contributed by atoms with Gasteiger partial charge in [0.25, 0.3) is 11.6 Å². The molecule has 2 N–H and O–H groups in total. The van der Waals surface area contributed by atoms with Gasteiger partial charge in [-0.25, -0.2) is 0 Å². The smallest absolute Gasteiger partial charge is 0.290 e. The van der Waals surface area contributed by atoms with Gasteiger partial charge in [-0.05, 0) is 17.9 Å². The first-order chi connectivity index (χ1) is 9.68. The van der Waals surface area contributed by atoms with Crippen LogP contribution in [-0.4, -0.2) is 29.1 Å². The van der Waals surface area contributed by atoms with Crippen LogP contribution in [0, 0.1) is 15.5 Å². The number of amides is 1. The summed E-state index contributed by atoms with van der Waals surface area (Å²) in [5, 5.41) is 22.2. The van der Waals surface area contributed by atoms with Crippen molar-refractivity contribution in [1.29, 1.82) is 0 Å². The van der Waals surface area contributed by atoms with Crippen LogP contribution >= 0.6 is 23.2 Å². The first kappa shape index (κ1) is 17.7. The largest absolute Gasteiger partial charge is 0.396 e. The minimum absolute atomic E-state index is 0.0150. The average molecular weight is 335 g/mol. The molecule has 1 aromatic carbocycles. The first-order valence-electron chi connectivity index (χ1n) is 6.20. The van der Waals surface area contributed by atoms with Crippen molar-refractivity contribution in [3.8, 4) is 0 Å². The maximum absolute atomic E-state index is 12.0. The Morgan fingerprint density at radius 3 is 2.57 bits per heavy atom.